The van der Waals surface area contributed by atoms with Crippen LogP contribution in [0.25, 0.3) is 0 Å². The van der Waals surface area contributed by atoms with Crippen LogP contribution in [0.1, 0.15) is 40.6 Å². The molecule has 0 bridgehead atoms. The lowest BCUT2D eigenvalue weighted by Crippen LogP contribution is -2.06. The summed E-state index contributed by atoms with van der Waals surface area (Å²) in [6, 6.07) is 2.48. The van der Waals surface area contributed by atoms with Crippen LogP contribution >= 0.6 is 11.3 Å². The molecule has 0 saturated carbocycles. The standard InChI is InChI=1S/C12H17NS/c1-2-5-10(13)12-8-9-6-3-4-7-11(9)14-12/h2,8,10H,1,3-7,13H2. The van der Waals surface area contributed by atoms with Gasteiger partial charge in [0.05, 0.1) is 0 Å². The summed E-state index contributed by atoms with van der Waals surface area (Å²) in [6.07, 6.45) is 8.01. The van der Waals surface area contributed by atoms with Crippen molar-refractivity contribution in [3.05, 3.63) is 34.0 Å². The van der Waals surface area contributed by atoms with Gasteiger partial charge in [0.1, 0.15) is 0 Å². The van der Waals surface area contributed by atoms with E-state index in [0.717, 1.165) is 6.42 Å². The smallest absolute Gasteiger partial charge is 0.0424 e. The second-order valence-electron chi connectivity index (χ2n) is 3.94. The van der Waals surface area contributed by atoms with Gasteiger partial charge in [0.2, 0.25) is 0 Å². The van der Waals surface area contributed by atoms with E-state index < -0.39 is 0 Å². The summed E-state index contributed by atoms with van der Waals surface area (Å²) in [5, 5.41) is 0. The van der Waals surface area contributed by atoms with Crippen LogP contribution in [0.3, 0.4) is 0 Å². The zero-order valence-electron chi connectivity index (χ0n) is 8.46. The van der Waals surface area contributed by atoms with Crippen molar-refractivity contribution < 1.29 is 0 Å². The predicted octanol–water partition coefficient (Wildman–Crippen LogP) is 3.20. The molecular weight excluding hydrogens is 190 g/mol. The fourth-order valence-electron chi connectivity index (χ4n) is 1.99. The SMILES string of the molecule is C=CCC(N)c1cc2c(s1)CCCC2. The highest BCUT2D eigenvalue weighted by Crippen LogP contribution is 2.33. The molecule has 1 unspecified atom stereocenters. The van der Waals surface area contributed by atoms with Crippen LogP contribution in [0.4, 0.5) is 0 Å². The van der Waals surface area contributed by atoms with Crippen molar-refractivity contribution in [2.75, 3.05) is 0 Å². The van der Waals surface area contributed by atoms with Crippen molar-refractivity contribution in [3.8, 4) is 0 Å². The third-order valence-corrected chi connectivity index (χ3v) is 4.17. The van der Waals surface area contributed by atoms with Crippen molar-refractivity contribution in [1.82, 2.24) is 0 Å². The molecule has 2 rings (SSSR count). The Morgan fingerprint density at radius 3 is 3.00 bits per heavy atom. The van der Waals surface area contributed by atoms with Gasteiger partial charge in [0.25, 0.3) is 0 Å². The highest BCUT2D eigenvalue weighted by atomic mass is 32.1. The number of thiophene rings is 1. The molecule has 1 atom stereocenters. The fourth-order valence-corrected chi connectivity index (χ4v) is 3.26. The van der Waals surface area contributed by atoms with Crippen molar-refractivity contribution in [1.29, 1.82) is 0 Å². The number of hydrogen-bond acceptors (Lipinski definition) is 2. The minimum absolute atomic E-state index is 0.170. The lowest BCUT2D eigenvalue weighted by Gasteiger charge is -2.08. The molecule has 14 heavy (non-hydrogen) atoms. The fraction of sp³-hybridized carbons (Fsp3) is 0.500. The Bertz CT molecular complexity index is 304. The summed E-state index contributed by atoms with van der Waals surface area (Å²) in [4.78, 5) is 2.92. The van der Waals surface area contributed by atoms with E-state index in [2.05, 4.69) is 12.6 Å². The van der Waals surface area contributed by atoms with Gasteiger partial charge < -0.3 is 5.73 Å². The van der Waals surface area contributed by atoms with Crippen LogP contribution < -0.4 is 5.73 Å². The van der Waals surface area contributed by atoms with E-state index >= 15 is 0 Å². The summed E-state index contributed by atoms with van der Waals surface area (Å²) in [7, 11) is 0. The molecule has 1 heterocycles. The van der Waals surface area contributed by atoms with E-state index in [0.29, 0.717) is 0 Å². The quantitative estimate of drug-likeness (QED) is 0.757. The van der Waals surface area contributed by atoms with Crippen molar-refractivity contribution in [2.45, 2.75) is 38.1 Å². The van der Waals surface area contributed by atoms with E-state index in [1.165, 1.54) is 30.6 Å². The Morgan fingerprint density at radius 1 is 1.50 bits per heavy atom. The van der Waals surface area contributed by atoms with Gasteiger partial charge in [-0.25, -0.2) is 0 Å². The molecule has 2 N–H and O–H groups in total. The average molecular weight is 207 g/mol. The second kappa shape index (κ2) is 4.28. The Morgan fingerprint density at radius 2 is 2.29 bits per heavy atom. The van der Waals surface area contributed by atoms with Crippen LogP contribution in [-0.2, 0) is 12.8 Å². The molecule has 1 aliphatic rings. The zero-order valence-corrected chi connectivity index (χ0v) is 9.28. The van der Waals surface area contributed by atoms with E-state index in [1.54, 1.807) is 10.4 Å². The molecule has 0 spiro atoms. The van der Waals surface area contributed by atoms with Gasteiger partial charge in [-0.3, -0.25) is 0 Å². The van der Waals surface area contributed by atoms with E-state index in [9.17, 15) is 0 Å². The van der Waals surface area contributed by atoms with Gasteiger partial charge in [0.15, 0.2) is 0 Å². The highest BCUT2D eigenvalue weighted by Gasteiger charge is 2.15. The Balaban J connectivity index is 2.19. The first-order valence-corrected chi connectivity index (χ1v) is 6.11. The summed E-state index contributed by atoms with van der Waals surface area (Å²) >= 11 is 1.91. The third-order valence-electron chi connectivity index (χ3n) is 2.80. The average Bonchev–Trinajstić information content (AvgIpc) is 2.61. The zero-order chi connectivity index (χ0) is 9.97. The van der Waals surface area contributed by atoms with Crippen LogP contribution in [0, 0.1) is 0 Å². The Kier molecular flexibility index (Phi) is 3.04. The number of fused-ring (bicyclic) bond motifs is 1. The van der Waals surface area contributed by atoms with Crippen LogP contribution in [-0.4, -0.2) is 0 Å². The maximum atomic E-state index is 6.06. The van der Waals surface area contributed by atoms with Crippen molar-refractivity contribution in [2.24, 2.45) is 5.73 Å². The minimum atomic E-state index is 0.170. The molecule has 1 aromatic rings. The lowest BCUT2D eigenvalue weighted by atomic mass is 9.98. The topological polar surface area (TPSA) is 26.0 Å². The summed E-state index contributed by atoms with van der Waals surface area (Å²) in [5.74, 6) is 0. The first-order chi connectivity index (χ1) is 6.81. The van der Waals surface area contributed by atoms with Crippen LogP contribution in [0.15, 0.2) is 18.7 Å². The highest BCUT2D eigenvalue weighted by molar-refractivity contribution is 7.12. The van der Waals surface area contributed by atoms with Crippen LogP contribution in [0.2, 0.25) is 0 Å². The van der Waals surface area contributed by atoms with Crippen LogP contribution in [0.5, 0.6) is 0 Å². The molecule has 1 aromatic heterocycles. The van der Waals surface area contributed by atoms with E-state index in [4.69, 9.17) is 5.73 Å². The molecule has 0 saturated heterocycles. The van der Waals surface area contributed by atoms with Gasteiger partial charge in [-0.05, 0) is 43.7 Å². The molecule has 76 valence electrons. The Hall–Kier alpha value is -0.600. The summed E-state index contributed by atoms with van der Waals surface area (Å²) < 4.78 is 0. The lowest BCUT2D eigenvalue weighted by molar-refractivity contribution is 0.695. The maximum Gasteiger partial charge on any atom is 0.0424 e. The summed E-state index contributed by atoms with van der Waals surface area (Å²) in [5.41, 5.74) is 7.61. The Labute approximate surface area is 89.6 Å². The van der Waals surface area contributed by atoms with E-state index in [1.807, 2.05) is 17.4 Å². The molecule has 1 nitrogen and oxygen atoms in total. The number of nitrogens with two attached hydrogens (primary N) is 1. The van der Waals surface area contributed by atoms with Gasteiger partial charge in [-0.2, -0.15) is 0 Å². The minimum Gasteiger partial charge on any atom is -0.323 e. The maximum absolute atomic E-state index is 6.06. The normalized spacial score (nSPS) is 17.5. The summed E-state index contributed by atoms with van der Waals surface area (Å²) in [6.45, 7) is 3.73. The van der Waals surface area contributed by atoms with Gasteiger partial charge in [-0.1, -0.05) is 6.08 Å². The van der Waals surface area contributed by atoms with Crippen molar-refractivity contribution >= 4 is 11.3 Å². The molecule has 0 aromatic carbocycles. The molecule has 0 radical (unpaired) electrons. The van der Waals surface area contributed by atoms with Gasteiger partial charge in [-0.15, -0.1) is 17.9 Å². The van der Waals surface area contributed by atoms with Crippen molar-refractivity contribution in [3.63, 3.8) is 0 Å². The first kappa shape index (κ1) is 9.94. The largest absolute Gasteiger partial charge is 0.323 e. The molecule has 0 fully saturated rings. The first-order valence-electron chi connectivity index (χ1n) is 5.29. The molecule has 1 aliphatic carbocycles. The number of rotatable bonds is 3. The second-order valence-corrected chi connectivity index (χ2v) is 5.10. The number of hydrogen-bond donors (Lipinski definition) is 1. The molecule has 0 aliphatic heterocycles. The molecular formula is C12H17NS. The van der Waals surface area contributed by atoms with E-state index in [-0.39, 0.29) is 6.04 Å². The number of aryl methyl sites for hydroxylation is 2. The van der Waals surface area contributed by atoms with Gasteiger partial charge in [0, 0.05) is 15.8 Å². The molecule has 2 heteroatoms. The van der Waals surface area contributed by atoms with Gasteiger partial charge >= 0.3 is 0 Å². The predicted molar refractivity (Wildman–Crippen MR) is 62.7 cm³/mol. The monoisotopic (exact) mass is 207 g/mol. The third kappa shape index (κ3) is 1.91. The molecule has 0 amide bonds.